The Labute approximate surface area is 157 Å². The quantitative estimate of drug-likeness (QED) is 0.575. The van der Waals surface area contributed by atoms with Crippen molar-refractivity contribution < 1.29 is 4.74 Å². The molecule has 1 heterocycles. The second-order valence-corrected chi connectivity index (χ2v) is 9.31. The Kier molecular flexibility index (Phi) is 8.71. The zero-order valence-electron chi connectivity index (χ0n) is 17.8. The van der Waals surface area contributed by atoms with Gasteiger partial charge in [0.1, 0.15) is 0 Å². The van der Waals surface area contributed by atoms with Gasteiger partial charge in [0.2, 0.25) is 0 Å². The van der Waals surface area contributed by atoms with Gasteiger partial charge in [0.15, 0.2) is 0 Å². The monoisotopic (exact) mass is 352 g/mol. The van der Waals surface area contributed by atoms with E-state index < -0.39 is 0 Å². The number of rotatable bonds is 8. The maximum absolute atomic E-state index is 5.98. The number of unbranched alkanes of at least 4 members (excludes halogenated alkanes) is 1. The molecule has 0 unspecified atom stereocenters. The van der Waals surface area contributed by atoms with Gasteiger partial charge >= 0.3 is 0 Å². The van der Waals surface area contributed by atoms with E-state index in [1.807, 2.05) is 0 Å². The van der Waals surface area contributed by atoms with Crippen LogP contribution in [0.1, 0.15) is 86.5 Å². The molecule has 0 aromatic heterocycles. The van der Waals surface area contributed by atoms with Gasteiger partial charge in [-0.05, 0) is 86.1 Å². The molecule has 25 heavy (non-hydrogen) atoms. The molecule has 0 bridgehead atoms. The summed E-state index contributed by atoms with van der Waals surface area (Å²) >= 11 is 0. The van der Waals surface area contributed by atoms with Crippen LogP contribution < -0.4 is 0 Å². The van der Waals surface area contributed by atoms with E-state index in [4.69, 9.17) is 4.74 Å². The summed E-state index contributed by atoms with van der Waals surface area (Å²) in [5, 5.41) is 0. The van der Waals surface area contributed by atoms with Crippen molar-refractivity contribution in [1.82, 2.24) is 9.80 Å². The van der Waals surface area contributed by atoms with Gasteiger partial charge < -0.3 is 4.74 Å². The number of piperazine rings is 1. The van der Waals surface area contributed by atoms with Crippen molar-refractivity contribution in [3.63, 3.8) is 0 Å². The first-order valence-electron chi connectivity index (χ1n) is 11.0. The first-order chi connectivity index (χ1) is 11.9. The molecule has 2 atom stereocenters. The van der Waals surface area contributed by atoms with Crippen LogP contribution in [0.3, 0.4) is 0 Å². The molecular weight excluding hydrogens is 308 g/mol. The molecule has 0 N–H and O–H groups in total. The first kappa shape index (κ1) is 21.2. The second kappa shape index (κ2) is 10.3. The molecule has 148 valence electrons. The van der Waals surface area contributed by atoms with Crippen molar-refractivity contribution in [3.05, 3.63) is 0 Å². The third kappa shape index (κ3) is 6.84. The predicted octanol–water partition coefficient (Wildman–Crippen LogP) is 4.94. The summed E-state index contributed by atoms with van der Waals surface area (Å²) in [5.74, 6) is 0.958. The lowest BCUT2D eigenvalue weighted by Crippen LogP contribution is -2.58. The van der Waals surface area contributed by atoms with Crippen molar-refractivity contribution in [2.45, 2.75) is 117 Å². The summed E-state index contributed by atoms with van der Waals surface area (Å²) in [5.41, 5.74) is 0. The Hall–Kier alpha value is -0.120. The molecule has 0 amide bonds. The SMILES string of the molecule is CC(C)O[C@H]1CC[C@H](CCCCN2[C@H](C)CN(C(C)C)C[C@@H]2C)CC1. The van der Waals surface area contributed by atoms with Crippen molar-refractivity contribution >= 4 is 0 Å². The maximum atomic E-state index is 5.98. The second-order valence-electron chi connectivity index (χ2n) is 9.31. The van der Waals surface area contributed by atoms with Crippen molar-refractivity contribution in [3.8, 4) is 0 Å². The number of hydrogen-bond acceptors (Lipinski definition) is 3. The standard InChI is InChI=1S/C22H44N2O/c1-17(2)23-15-19(5)24(20(6)16-23)14-8-7-9-21-10-12-22(13-11-21)25-18(3)4/h17-22H,7-16H2,1-6H3/t19-,20+,21-,22-. The lowest BCUT2D eigenvalue weighted by atomic mass is 9.84. The van der Waals surface area contributed by atoms with Gasteiger partial charge in [-0.3, -0.25) is 9.80 Å². The fourth-order valence-electron chi connectivity index (χ4n) is 4.93. The third-order valence-corrected chi connectivity index (χ3v) is 6.40. The molecule has 1 saturated heterocycles. The average Bonchev–Trinajstić information content (AvgIpc) is 2.54. The van der Waals surface area contributed by atoms with Gasteiger partial charge in [-0.2, -0.15) is 0 Å². The summed E-state index contributed by atoms with van der Waals surface area (Å²) in [7, 11) is 0. The first-order valence-corrected chi connectivity index (χ1v) is 11.0. The minimum absolute atomic E-state index is 0.390. The van der Waals surface area contributed by atoms with Crippen LogP contribution in [0.5, 0.6) is 0 Å². The zero-order valence-corrected chi connectivity index (χ0v) is 17.8. The molecule has 0 aromatic rings. The number of ether oxygens (including phenoxy) is 1. The van der Waals surface area contributed by atoms with Crippen molar-refractivity contribution in [2.24, 2.45) is 5.92 Å². The molecule has 1 aliphatic heterocycles. The van der Waals surface area contributed by atoms with Gasteiger partial charge in [-0.1, -0.05) is 12.8 Å². The van der Waals surface area contributed by atoms with Crippen LogP contribution in [0.25, 0.3) is 0 Å². The highest BCUT2D eigenvalue weighted by Gasteiger charge is 2.30. The van der Waals surface area contributed by atoms with Crippen molar-refractivity contribution in [2.75, 3.05) is 19.6 Å². The molecule has 1 saturated carbocycles. The van der Waals surface area contributed by atoms with E-state index in [2.05, 4.69) is 51.3 Å². The summed E-state index contributed by atoms with van der Waals surface area (Å²) in [6.45, 7) is 17.6. The molecule has 3 nitrogen and oxygen atoms in total. The van der Waals surface area contributed by atoms with Crippen LogP contribution >= 0.6 is 0 Å². The molecule has 3 heteroatoms. The molecule has 2 aliphatic rings. The smallest absolute Gasteiger partial charge is 0.0578 e. The van der Waals surface area contributed by atoms with Crippen LogP contribution in [-0.4, -0.2) is 59.8 Å². The van der Waals surface area contributed by atoms with Crippen LogP contribution in [0.4, 0.5) is 0 Å². The molecule has 2 rings (SSSR count). The summed E-state index contributed by atoms with van der Waals surface area (Å²) in [4.78, 5) is 5.40. The highest BCUT2D eigenvalue weighted by molar-refractivity contribution is 4.86. The lowest BCUT2D eigenvalue weighted by molar-refractivity contribution is -0.0205. The molecule has 0 aromatic carbocycles. The fraction of sp³-hybridized carbons (Fsp3) is 1.00. The van der Waals surface area contributed by atoms with Gasteiger partial charge in [-0.25, -0.2) is 0 Å². The van der Waals surface area contributed by atoms with Gasteiger partial charge in [0.25, 0.3) is 0 Å². The van der Waals surface area contributed by atoms with E-state index in [-0.39, 0.29) is 0 Å². The molecule has 1 aliphatic carbocycles. The normalized spacial score (nSPS) is 32.6. The minimum Gasteiger partial charge on any atom is -0.376 e. The minimum atomic E-state index is 0.390. The Bertz CT molecular complexity index is 351. The van der Waals surface area contributed by atoms with E-state index in [0.717, 1.165) is 5.92 Å². The van der Waals surface area contributed by atoms with E-state index in [0.29, 0.717) is 30.3 Å². The fourth-order valence-corrected chi connectivity index (χ4v) is 4.93. The highest BCUT2D eigenvalue weighted by Crippen LogP contribution is 2.30. The molecule has 2 fully saturated rings. The summed E-state index contributed by atoms with van der Waals surface area (Å²) in [6, 6.07) is 2.09. The van der Waals surface area contributed by atoms with Gasteiger partial charge in [-0.15, -0.1) is 0 Å². The van der Waals surface area contributed by atoms with Crippen LogP contribution in [0.15, 0.2) is 0 Å². The highest BCUT2D eigenvalue weighted by atomic mass is 16.5. The van der Waals surface area contributed by atoms with Crippen LogP contribution in [0.2, 0.25) is 0 Å². The average molecular weight is 353 g/mol. The van der Waals surface area contributed by atoms with E-state index in [9.17, 15) is 0 Å². The van der Waals surface area contributed by atoms with Crippen LogP contribution in [-0.2, 0) is 4.74 Å². The summed E-state index contributed by atoms with van der Waals surface area (Å²) in [6.07, 6.45) is 10.5. The Morgan fingerprint density at radius 2 is 1.48 bits per heavy atom. The van der Waals surface area contributed by atoms with E-state index in [1.165, 1.54) is 64.6 Å². The molecule has 0 spiro atoms. The maximum Gasteiger partial charge on any atom is 0.0578 e. The molecule has 0 radical (unpaired) electrons. The third-order valence-electron chi connectivity index (χ3n) is 6.40. The van der Waals surface area contributed by atoms with Crippen LogP contribution in [0, 0.1) is 5.92 Å². The Morgan fingerprint density at radius 3 is 2.00 bits per heavy atom. The van der Waals surface area contributed by atoms with E-state index >= 15 is 0 Å². The summed E-state index contributed by atoms with van der Waals surface area (Å²) < 4.78 is 5.98. The molecular formula is C22H44N2O. The zero-order chi connectivity index (χ0) is 18.4. The Morgan fingerprint density at radius 1 is 0.880 bits per heavy atom. The number of hydrogen-bond donors (Lipinski definition) is 0. The Balaban J connectivity index is 1.60. The van der Waals surface area contributed by atoms with Gasteiger partial charge in [0, 0.05) is 31.2 Å². The van der Waals surface area contributed by atoms with E-state index in [1.54, 1.807) is 0 Å². The number of nitrogens with zero attached hydrogens (tertiary/aromatic N) is 2. The van der Waals surface area contributed by atoms with Gasteiger partial charge in [0.05, 0.1) is 12.2 Å². The lowest BCUT2D eigenvalue weighted by Gasteiger charge is -2.46. The largest absolute Gasteiger partial charge is 0.376 e. The van der Waals surface area contributed by atoms with Crippen molar-refractivity contribution in [1.29, 1.82) is 0 Å². The predicted molar refractivity (Wildman–Crippen MR) is 108 cm³/mol. The topological polar surface area (TPSA) is 15.7 Å².